The minimum atomic E-state index is 0.857. The Morgan fingerprint density at radius 1 is 0.900 bits per heavy atom. The highest BCUT2D eigenvalue weighted by Crippen LogP contribution is 2.23. The molecule has 1 fully saturated rings. The van der Waals surface area contributed by atoms with Gasteiger partial charge in [-0.1, -0.05) is 72.1 Å². The molecule has 0 aromatic rings. The maximum absolute atomic E-state index is 3.74. The van der Waals surface area contributed by atoms with Gasteiger partial charge in [-0.05, 0) is 44.1 Å². The number of hydrogen-bond acceptors (Lipinski definition) is 1. The molecular formula is C19H39N. The molecule has 0 spiro atoms. The molecule has 0 aliphatic heterocycles. The fourth-order valence-electron chi connectivity index (χ4n) is 3.16. The molecule has 1 aliphatic rings. The van der Waals surface area contributed by atoms with Crippen LogP contribution in [-0.4, -0.2) is 12.6 Å². The van der Waals surface area contributed by atoms with E-state index in [-0.39, 0.29) is 0 Å². The van der Waals surface area contributed by atoms with E-state index < -0.39 is 0 Å². The van der Waals surface area contributed by atoms with E-state index >= 15 is 0 Å². The van der Waals surface area contributed by atoms with Crippen LogP contribution in [-0.2, 0) is 0 Å². The monoisotopic (exact) mass is 281 g/mol. The lowest BCUT2D eigenvalue weighted by Gasteiger charge is -2.19. The van der Waals surface area contributed by atoms with Crippen LogP contribution in [0.15, 0.2) is 0 Å². The number of rotatable bonds is 14. The summed E-state index contributed by atoms with van der Waals surface area (Å²) in [7, 11) is 0. The van der Waals surface area contributed by atoms with Crippen molar-refractivity contribution in [3.63, 3.8) is 0 Å². The maximum Gasteiger partial charge on any atom is 0.00683 e. The highest BCUT2D eigenvalue weighted by Gasteiger charge is 2.22. The molecule has 0 amide bonds. The van der Waals surface area contributed by atoms with E-state index in [1.54, 1.807) is 0 Å². The molecule has 1 N–H and O–H groups in total. The average Bonchev–Trinajstić information content (AvgIpc) is 3.22. The molecule has 0 heterocycles. The van der Waals surface area contributed by atoms with Crippen molar-refractivity contribution in [3.05, 3.63) is 0 Å². The van der Waals surface area contributed by atoms with Gasteiger partial charge in [0.1, 0.15) is 0 Å². The first kappa shape index (κ1) is 18.0. The smallest absolute Gasteiger partial charge is 0.00683 e. The van der Waals surface area contributed by atoms with Gasteiger partial charge in [0.25, 0.3) is 0 Å². The van der Waals surface area contributed by atoms with Crippen LogP contribution in [0.5, 0.6) is 0 Å². The van der Waals surface area contributed by atoms with Gasteiger partial charge in [-0.25, -0.2) is 0 Å². The molecule has 0 saturated heterocycles. The van der Waals surface area contributed by atoms with Crippen LogP contribution in [0.3, 0.4) is 0 Å². The van der Waals surface area contributed by atoms with Gasteiger partial charge in [0.05, 0.1) is 0 Å². The summed E-state index contributed by atoms with van der Waals surface area (Å²) in [6, 6.07) is 0.878. The Balaban J connectivity index is 1.96. The number of nitrogens with one attached hydrogen (secondary N) is 1. The Morgan fingerprint density at radius 3 is 2.05 bits per heavy atom. The van der Waals surface area contributed by atoms with Crippen LogP contribution in [0, 0.1) is 11.8 Å². The second-order valence-corrected chi connectivity index (χ2v) is 7.44. The lowest BCUT2D eigenvalue weighted by atomic mass is 9.91. The van der Waals surface area contributed by atoms with Crippen LogP contribution in [0.4, 0.5) is 0 Å². The van der Waals surface area contributed by atoms with Crippen LogP contribution in [0.1, 0.15) is 97.8 Å². The first-order valence-electron chi connectivity index (χ1n) is 9.45. The Bertz CT molecular complexity index is 208. The predicted octanol–water partition coefficient (Wildman–Crippen LogP) is 5.93. The highest BCUT2D eigenvalue weighted by molar-refractivity contribution is 4.82. The van der Waals surface area contributed by atoms with E-state index in [1.807, 2.05) is 0 Å². The molecular weight excluding hydrogens is 242 g/mol. The zero-order valence-electron chi connectivity index (χ0n) is 14.4. The molecule has 0 bridgehead atoms. The minimum Gasteiger partial charge on any atom is -0.314 e. The molecule has 1 saturated carbocycles. The molecule has 0 aromatic heterocycles. The first-order chi connectivity index (χ1) is 9.72. The third kappa shape index (κ3) is 10.7. The van der Waals surface area contributed by atoms with Crippen LogP contribution in [0.2, 0.25) is 0 Å². The van der Waals surface area contributed by atoms with Crippen LogP contribution < -0.4 is 5.32 Å². The van der Waals surface area contributed by atoms with Crippen molar-refractivity contribution in [1.29, 1.82) is 0 Å². The van der Waals surface area contributed by atoms with Gasteiger partial charge in [0.2, 0.25) is 0 Å². The summed E-state index contributed by atoms with van der Waals surface area (Å²) in [6.07, 6.45) is 17.3. The van der Waals surface area contributed by atoms with Gasteiger partial charge in [-0.2, -0.15) is 0 Å². The van der Waals surface area contributed by atoms with Gasteiger partial charge in [0, 0.05) is 6.04 Å². The Kier molecular flexibility index (Phi) is 10.4. The number of unbranched alkanes of at least 4 members (excludes halogenated alkanes) is 7. The largest absolute Gasteiger partial charge is 0.314 e. The van der Waals surface area contributed by atoms with Gasteiger partial charge >= 0.3 is 0 Å². The maximum atomic E-state index is 3.74. The van der Waals surface area contributed by atoms with Crippen molar-refractivity contribution < 1.29 is 0 Å². The Labute approximate surface area is 128 Å². The summed E-state index contributed by atoms with van der Waals surface area (Å²) in [4.78, 5) is 0. The zero-order chi connectivity index (χ0) is 14.6. The summed E-state index contributed by atoms with van der Waals surface area (Å²) >= 11 is 0. The van der Waals surface area contributed by atoms with E-state index in [9.17, 15) is 0 Å². The van der Waals surface area contributed by atoms with Crippen LogP contribution >= 0.6 is 0 Å². The van der Waals surface area contributed by atoms with Crippen molar-refractivity contribution >= 4 is 0 Å². The lowest BCUT2D eigenvalue weighted by molar-refractivity contribution is 0.352. The molecule has 1 unspecified atom stereocenters. The summed E-state index contributed by atoms with van der Waals surface area (Å²) < 4.78 is 0. The van der Waals surface area contributed by atoms with Crippen molar-refractivity contribution in [3.8, 4) is 0 Å². The van der Waals surface area contributed by atoms with Gasteiger partial charge in [-0.15, -0.1) is 0 Å². The molecule has 1 heteroatoms. The van der Waals surface area contributed by atoms with Gasteiger partial charge in [-0.3, -0.25) is 0 Å². The SMILES string of the molecule is CCCCCCCCCCC(CNC1CC1)CC(C)C. The van der Waals surface area contributed by atoms with E-state index in [0.717, 1.165) is 17.9 Å². The zero-order valence-corrected chi connectivity index (χ0v) is 14.4. The predicted molar refractivity (Wildman–Crippen MR) is 91.2 cm³/mol. The van der Waals surface area contributed by atoms with Crippen LogP contribution in [0.25, 0.3) is 0 Å². The third-order valence-corrected chi connectivity index (χ3v) is 4.54. The standard InChI is InChI=1S/C19H39N/c1-4-5-6-7-8-9-10-11-12-18(15-17(2)3)16-20-19-13-14-19/h17-20H,4-16H2,1-3H3. The molecule has 1 nitrogen and oxygen atoms in total. The van der Waals surface area contributed by atoms with E-state index in [2.05, 4.69) is 26.1 Å². The summed E-state index contributed by atoms with van der Waals surface area (Å²) in [5.74, 6) is 1.78. The Morgan fingerprint density at radius 2 is 1.50 bits per heavy atom. The molecule has 20 heavy (non-hydrogen) atoms. The molecule has 1 rings (SSSR count). The first-order valence-corrected chi connectivity index (χ1v) is 9.45. The third-order valence-electron chi connectivity index (χ3n) is 4.54. The molecule has 1 atom stereocenters. The van der Waals surface area contributed by atoms with E-state index in [1.165, 1.54) is 83.6 Å². The summed E-state index contributed by atoms with van der Waals surface area (Å²) in [5.41, 5.74) is 0. The lowest BCUT2D eigenvalue weighted by Crippen LogP contribution is -2.25. The highest BCUT2D eigenvalue weighted by atomic mass is 14.9. The normalized spacial score (nSPS) is 16.8. The minimum absolute atomic E-state index is 0.857. The van der Waals surface area contributed by atoms with E-state index in [4.69, 9.17) is 0 Å². The quantitative estimate of drug-likeness (QED) is 0.389. The van der Waals surface area contributed by atoms with E-state index in [0.29, 0.717) is 0 Å². The van der Waals surface area contributed by atoms with Crippen molar-refractivity contribution in [2.75, 3.05) is 6.54 Å². The topological polar surface area (TPSA) is 12.0 Å². The fraction of sp³-hybridized carbons (Fsp3) is 1.00. The molecule has 0 aromatic carbocycles. The summed E-state index contributed by atoms with van der Waals surface area (Å²) in [5, 5.41) is 3.74. The Hall–Kier alpha value is -0.0400. The average molecular weight is 282 g/mol. The van der Waals surface area contributed by atoms with Crippen molar-refractivity contribution in [1.82, 2.24) is 5.32 Å². The van der Waals surface area contributed by atoms with Gasteiger partial charge in [0.15, 0.2) is 0 Å². The summed E-state index contributed by atoms with van der Waals surface area (Å²) in [6.45, 7) is 8.32. The van der Waals surface area contributed by atoms with Gasteiger partial charge < -0.3 is 5.32 Å². The van der Waals surface area contributed by atoms with Crippen molar-refractivity contribution in [2.45, 2.75) is 104 Å². The van der Waals surface area contributed by atoms with Crippen molar-refractivity contribution in [2.24, 2.45) is 11.8 Å². The molecule has 1 aliphatic carbocycles. The molecule has 120 valence electrons. The molecule has 0 radical (unpaired) electrons. The second-order valence-electron chi connectivity index (χ2n) is 7.44. The second kappa shape index (κ2) is 11.6. The fourth-order valence-corrected chi connectivity index (χ4v) is 3.16. The number of hydrogen-bond donors (Lipinski definition) is 1.